The van der Waals surface area contributed by atoms with Crippen molar-refractivity contribution in [1.29, 1.82) is 0 Å². The van der Waals surface area contributed by atoms with Crippen molar-refractivity contribution in [2.24, 2.45) is 0 Å². The third-order valence-electron chi connectivity index (χ3n) is 0. The molecule has 0 aliphatic heterocycles. The van der Waals surface area contributed by atoms with E-state index in [4.69, 9.17) is 38.4 Å². The summed E-state index contributed by atoms with van der Waals surface area (Å²) in [6.45, 7) is 0. The second kappa shape index (κ2) is 14.5. The van der Waals surface area contributed by atoms with Gasteiger partial charge >= 0.3 is 149 Å². The Bertz CT molecular complexity index is 114. The average Bonchev–Trinajstić information content (AvgIpc) is 1.12. The van der Waals surface area contributed by atoms with Gasteiger partial charge in [0.15, 0.2) is 0 Å². The van der Waals surface area contributed by atoms with E-state index in [0.717, 1.165) is 0 Å². The van der Waals surface area contributed by atoms with Crippen LogP contribution in [-0.4, -0.2) is 175 Å². The van der Waals surface area contributed by atoms with E-state index >= 15 is 0 Å². The van der Waals surface area contributed by atoms with Gasteiger partial charge in [-0.25, -0.2) is 4.57 Å². The quantitative estimate of drug-likeness (QED) is 0.172. The molecule has 0 heterocycles. The zero-order valence-corrected chi connectivity index (χ0v) is 6.38. The zero-order valence-electron chi connectivity index (χ0n) is 4.49. The first-order valence-corrected chi connectivity index (χ1v) is 5.03. The van der Waals surface area contributed by atoms with Gasteiger partial charge in [0.1, 0.15) is 0 Å². The van der Waals surface area contributed by atoms with Gasteiger partial charge in [-0.05, 0) is 0 Å². The molecule has 0 bridgehead atoms. The molecule has 70 valence electrons. The van der Waals surface area contributed by atoms with Gasteiger partial charge < -0.3 is 33.9 Å². The van der Waals surface area contributed by atoms with Gasteiger partial charge in [0.05, 0.1) is 0 Å². The van der Waals surface area contributed by atoms with Crippen molar-refractivity contribution in [1.82, 2.24) is 0 Å². The van der Waals surface area contributed by atoms with Gasteiger partial charge in [0.25, 0.3) is 0 Å². The van der Waals surface area contributed by atoms with E-state index in [-0.39, 0.29) is 132 Å². The van der Waals surface area contributed by atoms with E-state index in [2.05, 4.69) is 0 Å². The fourth-order valence-electron chi connectivity index (χ4n) is 0. The Morgan fingerprint density at radius 3 is 0.846 bits per heavy atom. The predicted octanol–water partition coefficient (Wildman–Crippen LogP) is -5.48. The van der Waals surface area contributed by atoms with Crippen molar-refractivity contribution in [3.8, 4) is 0 Å². The van der Waals surface area contributed by atoms with E-state index in [1.54, 1.807) is 0 Å². The summed E-state index contributed by atoms with van der Waals surface area (Å²) in [5, 5.41) is 0. The van der Waals surface area contributed by atoms with Crippen molar-refractivity contribution >= 4 is 149 Å². The Morgan fingerprint density at radius 2 is 0.846 bits per heavy atom. The fourth-order valence-corrected chi connectivity index (χ4v) is 0. The molecule has 0 aliphatic carbocycles. The van der Waals surface area contributed by atoms with E-state index < -0.39 is 16.9 Å². The van der Waals surface area contributed by atoms with Crippen LogP contribution < -0.4 is 0 Å². The third kappa shape index (κ3) is 174. The van der Waals surface area contributed by atoms with Crippen LogP contribution in [0.1, 0.15) is 0 Å². The molecule has 0 amide bonds. The molecule has 0 aliphatic rings. The topological polar surface area (TPSA) is 159 Å². The summed E-state index contributed by atoms with van der Waals surface area (Å²) in [5.41, 5.74) is 0. The average molecular weight is 298 g/mol. The van der Waals surface area contributed by atoms with Crippen LogP contribution in [-0.2, 0) is 4.57 Å². The van der Waals surface area contributed by atoms with E-state index in [1.165, 1.54) is 0 Å². The minimum atomic E-state index is -4.64. The van der Waals surface area contributed by atoms with Crippen LogP contribution in [0.4, 0.5) is 0 Å². The molecule has 0 saturated carbocycles. The Kier molecular flexibility index (Phi) is 34.0. The molecule has 0 saturated heterocycles. The molecule has 0 radical (unpaired) electrons. The summed E-state index contributed by atoms with van der Waals surface area (Å²) in [6, 6.07) is 0. The first-order valence-electron chi connectivity index (χ1n) is 1.68. The number of phosphoric acid groups is 1. The van der Waals surface area contributed by atoms with Gasteiger partial charge in [-0.2, -0.15) is 0 Å². The van der Waals surface area contributed by atoms with Crippen LogP contribution in [0.25, 0.3) is 0 Å². The molecule has 13 heavy (non-hydrogen) atoms. The monoisotopic (exact) mass is 298 g/mol. The molecular weight excluding hydrogens is 288 g/mol. The van der Waals surface area contributed by atoms with E-state index in [0.29, 0.717) is 0 Å². The first-order chi connectivity index (χ1) is 4.00. The van der Waals surface area contributed by atoms with Crippen LogP contribution in [0.5, 0.6) is 0 Å². The van der Waals surface area contributed by atoms with Crippen molar-refractivity contribution in [3.63, 3.8) is 0 Å². The Morgan fingerprint density at radius 1 is 0.846 bits per heavy atom. The SMILES string of the molecule is O=P(O)(O)O.O[Si](O)(O)O.[KH].[KH].[NaH]. The van der Waals surface area contributed by atoms with Crippen LogP contribution in [0, 0.1) is 0 Å². The fraction of sp³-hybridized carbons (Fsp3) is 0. The molecular formula is H10K2NaO8PSi. The van der Waals surface area contributed by atoms with E-state index in [9.17, 15) is 0 Å². The predicted molar refractivity (Wildman–Crippen MR) is 50.3 cm³/mol. The summed E-state index contributed by atoms with van der Waals surface area (Å²) in [5.74, 6) is 0. The summed E-state index contributed by atoms with van der Waals surface area (Å²) in [7, 11) is -9.25. The van der Waals surface area contributed by atoms with Gasteiger partial charge in [-0.3, -0.25) is 0 Å². The van der Waals surface area contributed by atoms with Crippen LogP contribution in [0.15, 0.2) is 0 Å². The zero-order chi connectivity index (χ0) is 9.00. The Balaban J connectivity index is -0.0000000267. The molecule has 13 heteroatoms. The number of hydrogen-bond acceptors (Lipinski definition) is 5. The van der Waals surface area contributed by atoms with Gasteiger partial charge in [0.2, 0.25) is 0 Å². The number of rotatable bonds is 0. The number of hydrogen-bond donors (Lipinski definition) is 7. The van der Waals surface area contributed by atoms with Crippen LogP contribution in [0.2, 0.25) is 0 Å². The van der Waals surface area contributed by atoms with Gasteiger partial charge in [-0.15, -0.1) is 0 Å². The first kappa shape index (κ1) is 30.5. The third-order valence-corrected chi connectivity index (χ3v) is 0. The normalized spacial score (nSPS) is 9.15. The van der Waals surface area contributed by atoms with Crippen LogP contribution in [0.3, 0.4) is 0 Å². The maximum absolute atomic E-state index is 8.88. The van der Waals surface area contributed by atoms with Crippen LogP contribution >= 0.6 is 7.82 Å². The Labute approximate surface area is 183 Å². The molecule has 0 aromatic carbocycles. The van der Waals surface area contributed by atoms with Gasteiger partial charge in [0, 0.05) is 0 Å². The minimum absolute atomic E-state index is 0. The molecule has 0 fully saturated rings. The molecule has 0 spiro atoms. The summed E-state index contributed by atoms with van der Waals surface area (Å²) in [4.78, 5) is 50.9. The van der Waals surface area contributed by atoms with Crippen molar-refractivity contribution in [2.45, 2.75) is 0 Å². The Hall–Kier alpha value is 4.44. The standard InChI is InChI=1S/2K.Na.H3O4P.H4O4Si.3H/c;;;2*1-5(2,3)4;;;/h;;;(H3,1,2,3,4);1-4H;;;. The second-order valence-corrected chi connectivity index (χ2v) is 3.34. The van der Waals surface area contributed by atoms with Crippen molar-refractivity contribution in [3.05, 3.63) is 0 Å². The molecule has 0 rings (SSSR count). The molecule has 0 aromatic rings. The molecule has 0 atom stereocenters. The summed E-state index contributed by atoms with van der Waals surface area (Å²) in [6.07, 6.45) is 0. The molecule has 8 nitrogen and oxygen atoms in total. The van der Waals surface area contributed by atoms with Crippen molar-refractivity contribution in [2.75, 3.05) is 0 Å². The molecule has 7 N–H and O–H groups in total. The summed E-state index contributed by atoms with van der Waals surface area (Å²) < 4.78 is 8.88. The summed E-state index contributed by atoms with van der Waals surface area (Å²) >= 11 is 0. The van der Waals surface area contributed by atoms with Crippen molar-refractivity contribution < 1.29 is 38.4 Å². The molecule has 0 aromatic heterocycles. The second-order valence-electron chi connectivity index (χ2n) is 1.11. The molecule has 0 unspecified atom stereocenters. The van der Waals surface area contributed by atoms with E-state index in [1.807, 2.05) is 0 Å². The maximum atomic E-state index is 8.88. The van der Waals surface area contributed by atoms with Gasteiger partial charge in [-0.1, -0.05) is 0 Å².